The van der Waals surface area contributed by atoms with Crippen LogP contribution in [0.5, 0.6) is 0 Å². The van der Waals surface area contributed by atoms with Gasteiger partial charge in [0, 0.05) is 25.5 Å². The smallest absolute Gasteiger partial charge is 0.309 e. The van der Waals surface area contributed by atoms with E-state index >= 15 is 0 Å². The van der Waals surface area contributed by atoms with Crippen LogP contribution < -0.4 is 4.90 Å². The number of nitrogens with zero attached hydrogens (tertiary/aromatic N) is 5. The molecule has 3 rings (SSSR count). The van der Waals surface area contributed by atoms with Gasteiger partial charge >= 0.3 is 5.97 Å². The zero-order valence-corrected chi connectivity index (χ0v) is 12.3. The minimum absolute atomic E-state index is 0.00130. The largest absolute Gasteiger partial charge is 0.466 e. The van der Waals surface area contributed by atoms with Crippen molar-refractivity contribution in [2.75, 3.05) is 24.6 Å². The molecule has 2 aromatic rings. The SMILES string of the molecule is CCOC(=O)C1CCN(c2nc3ncc(C)cn3n2)CC1. The third-order valence-corrected chi connectivity index (χ3v) is 3.71. The minimum Gasteiger partial charge on any atom is -0.466 e. The van der Waals surface area contributed by atoms with Crippen molar-refractivity contribution < 1.29 is 9.53 Å². The van der Waals surface area contributed by atoms with Crippen LogP contribution in [0.1, 0.15) is 25.3 Å². The second-order valence-electron chi connectivity index (χ2n) is 5.30. The molecular formula is C14H19N5O2. The first-order valence-electron chi connectivity index (χ1n) is 7.28. The average Bonchev–Trinajstić information content (AvgIpc) is 2.90. The second-order valence-corrected chi connectivity index (χ2v) is 5.30. The van der Waals surface area contributed by atoms with Gasteiger partial charge in [0.05, 0.1) is 12.5 Å². The molecule has 112 valence electrons. The highest BCUT2D eigenvalue weighted by atomic mass is 16.5. The van der Waals surface area contributed by atoms with Crippen molar-refractivity contribution in [3.8, 4) is 0 Å². The van der Waals surface area contributed by atoms with Crippen LogP contribution in [0.4, 0.5) is 5.95 Å². The summed E-state index contributed by atoms with van der Waals surface area (Å²) in [5, 5.41) is 4.46. The lowest BCUT2D eigenvalue weighted by atomic mass is 9.97. The van der Waals surface area contributed by atoms with Crippen LogP contribution in [0.3, 0.4) is 0 Å². The predicted octanol–water partition coefficient (Wildman–Crippen LogP) is 1.21. The van der Waals surface area contributed by atoms with Gasteiger partial charge in [-0.1, -0.05) is 0 Å². The summed E-state index contributed by atoms with van der Waals surface area (Å²) in [6, 6.07) is 0. The lowest BCUT2D eigenvalue weighted by Crippen LogP contribution is -2.37. The van der Waals surface area contributed by atoms with Crippen molar-refractivity contribution in [3.63, 3.8) is 0 Å². The maximum Gasteiger partial charge on any atom is 0.309 e. The molecule has 0 atom stereocenters. The van der Waals surface area contributed by atoms with E-state index in [1.54, 1.807) is 10.7 Å². The number of ether oxygens (including phenoxy) is 1. The van der Waals surface area contributed by atoms with Gasteiger partial charge in [-0.2, -0.15) is 4.98 Å². The number of carbonyl (C=O) groups excluding carboxylic acids is 1. The van der Waals surface area contributed by atoms with Crippen LogP contribution in [0, 0.1) is 12.8 Å². The van der Waals surface area contributed by atoms with E-state index in [2.05, 4.69) is 20.0 Å². The molecule has 3 heterocycles. The summed E-state index contributed by atoms with van der Waals surface area (Å²) in [5.41, 5.74) is 1.04. The zero-order chi connectivity index (χ0) is 14.8. The first-order valence-corrected chi connectivity index (χ1v) is 7.28. The Bertz CT molecular complexity index is 646. The summed E-state index contributed by atoms with van der Waals surface area (Å²) in [6.07, 6.45) is 5.24. The number of fused-ring (bicyclic) bond motifs is 1. The Labute approximate surface area is 122 Å². The van der Waals surface area contributed by atoms with Crippen molar-refractivity contribution in [2.24, 2.45) is 5.92 Å². The van der Waals surface area contributed by atoms with Crippen LogP contribution >= 0.6 is 0 Å². The van der Waals surface area contributed by atoms with E-state index in [9.17, 15) is 4.79 Å². The third-order valence-electron chi connectivity index (χ3n) is 3.71. The van der Waals surface area contributed by atoms with Crippen LogP contribution in [0.2, 0.25) is 0 Å². The molecule has 0 unspecified atom stereocenters. The van der Waals surface area contributed by atoms with E-state index < -0.39 is 0 Å². The highest BCUT2D eigenvalue weighted by Crippen LogP contribution is 2.22. The summed E-state index contributed by atoms with van der Waals surface area (Å²) in [5.74, 6) is 1.19. The normalized spacial score (nSPS) is 16.4. The number of aromatic nitrogens is 4. The van der Waals surface area contributed by atoms with E-state index in [1.807, 2.05) is 20.0 Å². The Balaban J connectivity index is 1.69. The first-order chi connectivity index (χ1) is 10.2. The predicted molar refractivity (Wildman–Crippen MR) is 77.1 cm³/mol. The fraction of sp³-hybridized carbons (Fsp3) is 0.571. The zero-order valence-electron chi connectivity index (χ0n) is 12.3. The standard InChI is InChI=1S/C14H19N5O2/c1-3-21-12(20)11-4-6-18(7-5-11)14-16-13-15-8-10(2)9-19(13)17-14/h8-9,11H,3-7H2,1-2H3. The lowest BCUT2D eigenvalue weighted by Gasteiger charge is -2.29. The van der Waals surface area contributed by atoms with Gasteiger partial charge in [-0.05, 0) is 32.3 Å². The summed E-state index contributed by atoms with van der Waals surface area (Å²) < 4.78 is 6.78. The van der Waals surface area contributed by atoms with Gasteiger partial charge in [-0.3, -0.25) is 4.79 Å². The topological polar surface area (TPSA) is 72.6 Å². The number of carbonyl (C=O) groups is 1. The molecule has 0 spiro atoms. The van der Waals surface area contributed by atoms with Crippen molar-refractivity contribution in [2.45, 2.75) is 26.7 Å². The number of hydrogen-bond acceptors (Lipinski definition) is 6. The molecule has 0 N–H and O–H groups in total. The molecule has 0 aliphatic carbocycles. The van der Waals surface area contributed by atoms with E-state index in [-0.39, 0.29) is 11.9 Å². The van der Waals surface area contributed by atoms with Gasteiger partial charge in [-0.25, -0.2) is 9.50 Å². The molecule has 1 aliphatic heterocycles. The summed E-state index contributed by atoms with van der Waals surface area (Å²) >= 11 is 0. The molecule has 1 aliphatic rings. The van der Waals surface area contributed by atoms with Crippen molar-refractivity contribution in [3.05, 3.63) is 18.0 Å². The molecule has 0 saturated carbocycles. The maximum atomic E-state index is 11.7. The molecule has 7 nitrogen and oxygen atoms in total. The van der Waals surface area contributed by atoms with Crippen molar-refractivity contribution in [1.82, 2.24) is 19.6 Å². The summed E-state index contributed by atoms with van der Waals surface area (Å²) in [4.78, 5) is 22.5. The number of hydrogen-bond donors (Lipinski definition) is 0. The quantitative estimate of drug-likeness (QED) is 0.791. The molecule has 1 saturated heterocycles. The fourth-order valence-corrected chi connectivity index (χ4v) is 2.57. The molecule has 0 bridgehead atoms. The Morgan fingerprint density at radius 1 is 1.43 bits per heavy atom. The molecule has 2 aromatic heterocycles. The van der Waals surface area contributed by atoms with Crippen LogP contribution in [0.25, 0.3) is 5.78 Å². The molecule has 7 heteroatoms. The monoisotopic (exact) mass is 289 g/mol. The second kappa shape index (κ2) is 5.67. The molecule has 21 heavy (non-hydrogen) atoms. The van der Waals surface area contributed by atoms with E-state index in [4.69, 9.17) is 4.74 Å². The van der Waals surface area contributed by atoms with Crippen LogP contribution in [-0.4, -0.2) is 45.2 Å². The Morgan fingerprint density at radius 2 is 2.19 bits per heavy atom. The van der Waals surface area contributed by atoms with Crippen molar-refractivity contribution in [1.29, 1.82) is 0 Å². The van der Waals surface area contributed by atoms with Gasteiger partial charge < -0.3 is 9.64 Å². The summed E-state index contributed by atoms with van der Waals surface area (Å²) in [7, 11) is 0. The molecule has 1 fully saturated rings. The molecule has 0 aromatic carbocycles. The van der Waals surface area contributed by atoms with Gasteiger partial charge in [-0.15, -0.1) is 5.10 Å². The Kier molecular flexibility index (Phi) is 3.72. The van der Waals surface area contributed by atoms with Gasteiger partial charge in [0.25, 0.3) is 5.78 Å². The number of aryl methyl sites for hydroxylation is 1. The average molecular weight is 289 g/mol. The van der Waals surface area contributed by atoms with Gasteiger partial charge in [0.2, 0.25) is 5.95 Å². The Morgan fingerprint density at radius 3 is 2.90 bits per heavy atom. The summed E-state index contributed by atoms with van der Waals surface area (Å²) in [6.45, 7) is 5.78. The number of piperidine rings is 1. The van der Waals surface area contributed by atoms with Crippen molar-refractivity contribution >= 4 is 17.7 Å². The Hall–Kier alpha value is -2.18. The lowest BCUT2D eigenvalue weighted by molar-refractivity contribution is -0.148. The number of esters is 1. The molecule has 0 radical (unpaired) electrons. The number of rotatable bonds is 3. The molecular weight excluding hydrogens is 270 g/mol. The van der Waals surface area contributed by atoms with Gasteiger partial charge in [0.15, 0.2) is 0 Å². The van der Waals surface area contributed by atoms with Gasteiger partial charge in [0.1, 0.15) is 0 Å². The highest BCUT2D eigenvalue weighted by Gasteiger charge is 2.27. The van der Waals surface area contributed by atoms with E-state index in [1.165, 1.54) is 0 Å². The highest BCUT2D eigenvalue weighted by molar-refractivity contribution is 5.72. The maximum absolute atomic E-state index is 11.7. The first kappa shape index (κ1) is 13.8. The van der Waals surface area contributed by atoms with E-state index in [0.29, 0.717) is 18.3 Å². The van der Waals surface area contributed by atoms with Crippen LogP contribution in [-0.2, 0) is 9.53 Å². The van der Waals surface area contributed by atoms with Crippen LogP contribution in [0.15, 0.2) is 12.4 Å². The molecule has 0 amide bonds. The third kappa shape index (κ3) is 2.81. The minimum atomic E-state index is -0.0857. The fourth-order valence-electron chi connectivity index (χ4n) is 2.57. The van der Waals surface area contributed by atoms with E-state index in [0.717, 1.165) is 31.5 Å². The number of anilines is 1.